The molecule has 12 heteroatoms. The van der Waals surface area contributed by atoms with Gasteiger partial charge in [0, 0.05) is 51.5 Å². The lowest BCUT2D eigenvalue weighted by Crippen LogP contribution is -2.46. The number of nitrogens with two attached hydrogens (primary N) is 1. The summed E-state index contributed by atoms with van der Waals surface area (Å²) >= 11 is 0. The first-order chi connectivity index (χ1) is 19.4. The maximum absolute atomic E-state index is 13.3. The first-order valence-electron chi connectivity index (χ1n) is 13.1. The number of hydrogen-bond donors (Lipinski definition) is 2. The molecule has 0 saturated carbocycles. The van der Waals surface area contributed by atoms with E-state index in [1.165, 1.54) is 0 Å². The number of fused-ring (bicyclic) bond motifs is 2. The van der Waals surface area contributed by atoms with Crippen LogP contribution in [0.1, 0.15) is 11.1 Å². The zero-order chi connectivity index (χ0) is 27.9. The second-order valence-electron chi connectivity index (χ2n) is 9.76. The van der Waals surface area contributed by atoms with E-state index >= 15 is 0 Å². The Morgan fingerprint density at radius 2 is 1.80 bits per heavy atom. The van der Waals surface area contributed by atoms with Gasteiger partial charge in [-0.05, 0) is 41.8 Å². The number of hydrogen-bond acceptors (Lipinski definition) is 10. The summed E-state index contributed by atoms with van der Waals surface area (Å²) in [6.07, 6.45) is 2.43. The van der Waals surface area contributed by atoms with Crippen LogP contribution in [0.4, 0.5) is 11.8 Å². The van der Waals surface area contributed by atoms with E-state index in [-0.39, 0.29) is 0 Å². The van der Waals surface area contributed by atoms with Gasteiger partial charge >= 0.3 is 0 Å². The quantitative estimate of drug-likeness (QED) is 0.361. The van der Waals surface area contributed by atoms with Crippen molar-refractivity contribution >= 4 is 32.7 Å². The zero-order valence-electron chi connectivity index (χ0n) is 22.4. The van der Waals surface area contributed by atoms with Crippen LogP contribution in [0.25, 0.3) is 22.2 Å². The van der Waals surface area contributed by atoms with Crippen molar-refractivity contribution in [2.45, 2.75) is 17.9 Å². The number of nitrogens with zero attached hydrogens (tertiary/aromatic N) is 5. The lowest BCUT2D eigenvalue weighted by atomic mass is 10.00. The van der Waals surface area contributed by atoms with Gasteiger partial charge in [0.1, 0.15) is 5.82 Å². The summed E-state index contributed by atoms with van der Waals surface area (Å²) in [5.41, 5.74) is 10.6. The summed E-state index contributed by atoms with van der Waals surface area (Å²) in [7, 11) is -0.420. The van der Waals surface area contributed by atoms with Crippen molar-refractivity contribution in [3.63, 3.8) is 0 Å². The molecular weight excluding hydrogens is 530 g/mol. The Balaban J connectivity index is 1.39. The highest BCUT2D eigenvalue weighted by molar-refractivity contribution is 7.89. The first-order valence-corrected chi connectivity index (χ1v) is 14.6. The average Bonchev–Trinajstić information content (AvgIpc) is 3.00. The Morgan fingerprint density at radius 1 is 0.975 bits per heavy atom. The van der Waals surface area contributed by atoms with Crippen LogP contribution in [-0.2, 0) is 23.0 Å². The highest BCUT2D eigenvalue weighted by Gasteiger charge is 2.29. The molecule has 0 radical (unpaired) electrons. The summed E-state index contributed by atoms with van der Waals surface area (Å²) in [6.45, 7) is 3.36. The minimum absolute atomic E-state index is 0.294. The number of benzene rings is 2. The number of sulfonamides is 1. The topological polar surface area (TPSA) is 136 Å². The van der Waals surface area contributed by atoms with Crippen molar-refractivity contribution in [1.82, 2.24) is 24.6 Å². The van der Waals surface area contributed by atoms with Crippen LogP contribution in [0.3, 0.4) is 0 Å². The SMILES string of the molecule is COc1cc2nc(N3CCc4ccc(S(=O)(=O)N5CCNCC5)cc4C3)nc(N)c2c(-c2ccccn2)c1OC. The van der Waals surface area contributed by atoms with E-state index in [0.717, 1.165) is 17.5 Å². The normalized spacial score (nSPS) is 16.1. The standard InChI is InChI=1S/C28H31N7O4S/c1-38-23-16-22-25(24(26(23)39-2)21-5-3-4-9-31-21)27(29)33-28(32-22)34-12-8-18-6-7-20(15-19(18)17-34)40(36,37)35-13-10-30-11-14-35/h3-7,9,15-16,30H,8,10-14,17H2,1-2H3,(H2,29,32,33). The molecule has 4 heterocycles. The number of nitrogen functional groups attached to an aromatic ring is 1. The van der Waals surface area contributed by atoms with E-state index in [1.807, 2.05) is 29.2 Å². The maximum atomic E-state index is 13.3. The Hall–Kier alpha value is -4.00. The van der Waals surface area contributed by atoms with Crippen molar-refractivity contribution in [3.05, 3.63) is 59.8 Å². The highest BCUT2D eigenvalue weighted by atomic mass is 32.2. The number of rotatable bonds is 6. The molecule has 3 N–H and O–H groups in total. The summed E-state index contributed by atoms with van der Waals surface area (Å²) < 4.78 is 39.5. The minimum Gasteiger partial charge on any atom is -0.493 e. The molecule has 0 amide bonds. The van der Waals surface area contributed by atoms with Gasteiger partial charge in [-0.15, -0.1) is 0 Å². The van der Waals surface area contributed by atoms with Gasteiger partial charge in [0.2, 0.25) is 16.0 Å². The predicted molar refractivity (Wildman–Crippen MR) is 153 cm³/mol. The largest absolute Gasteiger partial charge is 0.493 e. The highest BCUT2D eigenvalue weighted by Crippen LogP contribution is 2.44. The fourth-order valence-electron chi connectivity index (χ4n) is 5.42. The van der Waals surface area contributed by atoms with Gasteiger partial charge in [-0.2, -0.15) is 9.29 Å². The molecule has 0 unspecified atom stereocenters. The molecule has 2 aliphatic heterocycles. The summed E-state index contributed by atoms with van der Waals surface area (Å²) in [5.74, 6) is 1.76. The lowest BCUT2D eigenvalue weighted by Gasteiger charge is -2.31. The molecule has 208 valence electrons. The third kappa shape index (κ3) is 4.57. The van der Waals surface area contributed by atoms with Gasteiger partial charge in [0.25, 0.3) is 0 Å². The zero-order valence-corrected chi connectivity index (χ0v) is 23.2. The Kier molecular flexibility index (Phi) is 6.90. The monoisotopic (exact) mass is 561 g/mol. The number of methoxy groups -OCH3 is 2. The molecule has 2 aromatic heterocycles. The Morgan fingerprint density at radius 3 is 2.52 bits per heavy atom. The number of piperazine rings is 1. The molecule has 0 spiro atoms. The third-order valence-electron chi connectivity index (χ3n) is 7.45. The van der Waals surface area contributed by atoms with Crippen LogP contribution >= 0.6 is 0 Å². The number of nitrogens with one attached hydrogen (secondary N) is 1. The van der Waals surface area contributed by atoms with Gasteiger partial charge < -0.3 is 25.4 Å². The molecule has 0 atom stereocenters. The van der Waals surface area contributed by atoms with E-state index < -0.39 is 10.0 Å². The average molecular weight is 562 g/mol. The van der Waals surface area contributed by atoms with Gasteiger partial charge in [-0.25, -0.2) is 13.4 Å². The van der Waals surface area contributed by atoms with E-state index in [0.29, 0.717) is 89.6 Å². The van der Waals surface area contributed by atoms with Crippen LogP contribution in [0, 0.1) is 0 Å². The van der Waals surface area contributed by atoms with Crippen LogP contribution < -0.4 is 25.4 Å². The first kappa shape index (κ1) is 26.2. The molecular formula is C28H31N7O4S. The molecule has 4 aromatic rings. The van der Waals surface area contributed by atoms with Crippen LogP contribution in [0.2, 0.25) is 0 Å². The Labute approximate surface area is 233 Å². The molecule has 40 heavy (non-hydrogen) atoms. The van der Waals surface area contributed by atoms with Crippen molar-refractivity contribution in [3.8, 4) is 22.8 Å². The fraction of sp³-hybridized carbons (Fsp3) is 0.321. The van der Waals surface area contributed by atoms with Crippen molar-refractivity contribution < 1.29 is 17.9 Å². The lowest BCUT2D eigenvalue weighted by molar-refractivity contribution is 0.357. The smallest absolute Gasteiger partial charge is 0.243 e. The number of aromatic nitrogens is 3. The number of ether oxygens (including phenoxy) is 2. The van der Waals surface area contributed by atoms with Crippen LogP contribution in [0.15, 0.2) is 53.6 Å². The van der Waals surface area contributed by atoms with Gasteiger partial charge in [-0.3, -0.25) is 4.98 Å². The molecule has 1 fully saturated rings. The predicted octanol–water partition coefficient (Wildman–Crippen LogP) is 2.45. The second kappa shape index (κ2) is 10.5. The molecule has 2 aliphatic rings. The third-order valence-corrected chi connectivity index (χ3v) is 9.35. The number of anilines is 2. The molecule has 0 bridgehead atoms. The van der Waals surface area contributed by atoms with E-state index in [9.17, 15) is 8.42 Å². The summed E-state index contributed by atoms with van der Waals surface area (Å²) in [5, 5.41) is 3.83. The maximum Gasteiger partial charge on any atom is 0.243 e. The minimum atomic E-state index is -3.57. The fourth-order valence-corrected chi connectivity index (χ4v) is 6.91. The van der Waals surface area contributed by atoms with Crippen molar-refractivity contribution in [2.24, 2.45) is 0 Å². The van der Waals surface area contributed by atoms with E-state index in [4.69, 9.17) is 25.2 Å². The van der Waals surface area contributed by atoms with E-state index in [1.54, 1.807) is 42.9 Å². The molecule has 0 aliphatic carbocycles. The van der Waals surface area contributed by atoms with Crippen molar-refractivity contribution in [2.75, 3.05) is 57.6 Å². The summed E-state index contributed by atoms with van der Waals surface area (Å²) in [6, 6.07) is 12.8. The van der Waals surface area contributed by atoms with Gasteiger partial charge in [0.05, 0.1) is 41.3 Å². The molecule has 6 rings (SSSR count). The van der Waals surface area contributed by atoms with Crippen LogP contribution in [0.5, 0.6) is 11.5 Å². The van der Waals surface area contributed by atoms with Gasteiger partial charge in [0.15, 0.2) is 11.5 Å². The molecule has 1 saturated heterocycles. The van der Waals surface area contributed by atoms with Crippen LogP contribution in [-0.4, -0.2) is 74.6 Å². The number of pyridine rings is 1. The summed E-state index contributed by atoms with van der Waals surface area (Å²) in [4.78, 5) is 16.4. The van der Waals surface area contributed by atoms with E-state index in [2.05, 4.69) is 10.3 Å². The van der Waals surface area contributed by atoms with Gasteiger partial charge in [-0.1, -0.05) is 12.1 Å². The Bertz CT molecular complexity index is 1680. The molecule has 2 aromatic carbocycles. The molecule has 11 nitrogen and oxygen atoms in total. The second-order valence-corrected chi connectivity index (χ2v) is 11.7. The van der Waals surface area contributed by atoms with Crippen molar-refractivity contribution in [1.29, 1.82) is 0 Å².